The van der Waals surface area contributed by atoms with Crippen LogP contribution >= 0.6 is 0 Å². The van der Waals surface area contributed by atoms with E-state index in [9.17, 15) is 9.90 Å². The predicted octanol–water partition coefficient (Wildman–Crippen LogP) is 4.86. The molecule has 160 valence electrons. The first-order chi connectivity index (χ1) is 15.7. The normalized spacial score (nSPS) is 11.5. The summed E-state index contributed by atoms with van der Waals surface area (Å²) in [6.45, 7) is 0.750. The monoisotopic (exact) mass is 424 g/mol. The maximum atomic E-state index is 11.8. The van der Waals surface area contributed by atoms with Crippen LogP contribution in [-0.4, -0.2) is 27.1 Å². The van der Waals surface area contributed by atoms with Crippen molar-refractivity contribution in [3.8, 4) is 11.3 Å². The Balaban J connectivity index is 1.43. The molecule has 0 aliphatic rings. The van der Waals surface area contributed by atoms with Crippen LogP contribution in [0.25, 0.3) is 11.3 Å². The molecule has 0 saturated heterocycles. The number of carbonyl (C=O) groups is 1. The summed E-state index contributed by atoms with van der Waals surface area (Å²) in [6.07, 6.45) is 1.80. The average Bonchev–Trinajstić information content (AvgIpc) is 2.84. The number of rotatable bonds is 9. The van der Waals surface area contributed by atoms with Crippen LogP contribution in [0.15, 0.2) is 97.3 Å². The topological polar surface area (TPSA) is 87.1 Å². The molecule has 0 saturated carbocycles. The lowest BCUT2D eigenvalue weighted by Crippen LogP contribution is -2.31. The van der Waals surface area contributed by atoms with Crippen LogP contribution in [0.5, 0.6) is 0 Å². The molecule has 0 aliphatic heterocycles. The molecule has 0 bridgehead atoms. The molecule has 0 amide bonds. The first kappa shape index (κ1) is 21.1. The van der Waals surface area contributed by atoms with Crippen molar-refractivity contribution in [3.05, 3.63) is 108 Å². The summed E-state index contributed by atoms with van der Waals surface area (Å²) in [5, 5.41) is 16.1. The molecule has 0 aliphatic carbocycles. The minimum atomic E-state index is -0.928. The lowest BCUT2D eigenvalue weighted by atomic mass is 10.1. The third-order valence-corrected chi connectivity index (χ3v) is 5.09. The lowest BCUT2D eigenvalue weighted by molar-refractivity contribution is -0.137. The highest BCUT2D eigenvalue weighted by Crippen LogP contribution is 2.22. The maximum Gasteiger partial charge on any atom is 0.326 e. The van der Waals surface area contributed by atoms with Crippen LogP contribution in [0.3, 0.4) is 0 Å². The van der Waals surface area contributed by atoms with Gasteiger partial charge in [-0.3, -0.25) is 0 Å². The van der Waals surface area contributed by atoms with Crippen molar-refractivity contribution in [2.75, 3.05) is 10.6 Å². The van der Waals surface area contributed by atoms with Crippen molar-refractivity contribution >= 4 is 17.5 Å². The highest BCUT2D eigenvalue weighted by atomic mass is 16.4. The molecule has 1 atom stereocenters. The third kappa shape index (κ3) is 5.70. The van der Waals surface area contributed by atoms with Crippen LogP contribution in [0, 0.1) is 0 Å². The summed E-state index contributed by atoms with van der Waals surface area (Å²) in [6, 6.07) is 28.7. The molecular formula is C26H24N4O2. The molecule has 0 spiro atoms. The number of benzene rings is 3. The number of nitrogens with zero attached hydrogens (tertiary/aromatic N) is 2. The third-order valence-electron chi connectivity index (χ3n) is 5.09. The van der Waals surface area contributed by atoms with E-state index in [-0.39, 0.29) is 0 Å². The van der Waals surface area contributed by atoms with Crippen molar-refractivity contribution in [2.45, 2.75) is 19.0 Å². The summed E-state index contributed by atoms with van der Waals surface area (Å²) < 4.78 is 0. The van der Waals surface area contributed by atoms with Gasteiger partial charge in [-0.25, -0.2) is 14.8 Å². The number of aliphatic carboxylic acids is 1. The summed E-state index contributed by atoms with van der Waals surface area (Å²) >= 11 is 0. The number of hydrogen-bond donors (Lipinski definition) is 3. The molecule has 0 fully saturated rings. The Kier molecular flexibility index (Phi) is 6.72. The smallest absolute Gasteiger partial charge is 0.326 e. The van der Waals surface area contributed by atoms with Gasteiger partial charge in [-0.05, 0) is 23.3 Å². The lowest BCUT2D eigenvalue weighted by Gasteiger charge is -2.15. The molecular weight excluding hydrogens is 400 g/mol. The Bertz CT molecular complexity index is 1150. The maximum absolute atomic E-state index is 11.8. The Labute approximate surface area is 187 Å². The molecule has 1 heterocycles. The van der Waals surface area contributed by atoms with Crippen molar-refractivity contribution in [3.63, 3.8) is 0 Å². The number of carboxylic acids is 1. The van der Waals surface area contributed by atoms with Gasteiger partial charge in [0.2, 0.25) is 0 Å². The van der Waals surface area contributed by atoms with E-state index in [1.54, 1.807) is 6.07 Å². The van der Waals surface area contributed by atoms with Crippen molar-refractivity contribution < 1.29 is 9.90 Å². The number of carboxylic acid groups (broad SMARTS) is 1. The van der Waals surface area contributed by atoms with Crippen LogP contribution in [-0.2, 0) is 17.8 Å². The standard InChI is InChI=1S/C26H24N4O2/c31-26(32)24(15-19-7-3-1-4-8-19)30-25-16-23(28-18-29-25)21-11-13-22(14-12-21)27-17-20-9-5-2-6-10-20/h1-14,16,18,24,27H,15,17H2,(H,31,32)(H,28,29,30). The highest BCUT2D eigenvalue weighted by Gasteiger charge is 2.18. The second-order valence-electron chi connectivity index (χ2n) is 7.43. The summed E-state index contributed by atoms with van der Waals surface area (Å²) in [7, 11) is 0. The zero-order valence-electron chi connectivity index (χ0n) is 17.5. The Hall–Kier alpha value is -4.19. The first-order valence-electron chi connectivity index (χ1n) is 10.4. The van der Waals surface area contributed by atoms with Crippen LogP contribution < -0.4 is 10.6 Å². The highest BCUT2D eigenvalue weighted by molar-refractivity contribution is 5.77. The Morgan fingerprint density at radius 1 is 0.844 bits per heavy atom. The van der Waals surface area contributed by atoms with Crippen molar-refractivity contribution in [1.82, 2.24) is 9.97 Å². The fourth-order valence-corrected chi connectivity index (χ4v) is 3.38. The SMILES string of the molecule is O=C(O)C(Cc1ccccc1)Nc1cc(-c2ccc(NCc3ccccc3)cc2)ncn1. The molecule has 6 heteroatoms. The predicted molar refractivity (Wildman–Crippen MR) is 126 cm³/mol. The largest absolute Gasteiger partial charge is 0.480 e. The summed E-state index contributed by atoms with van der Waals surface area (Å²) in [5.74, 6) is -0.451. The van der Waals surface area contributed by atoms with Crippen LogP contribution in [0.1, 0.15) is 11.1 Å². The van der Waals surface area contributed by atoms with Gasteiger partial charge in [0.05, 0.1) is 5.69 Å². The van der Waals surface area contributed by atoms with Gasteiger partial charge in [-0.1, -0.05) is 72.8 Å². The minimum Gasteiger partial charge on any atom is -0.480 e. The Morgan fingerprint density at radius 2 is 1.50 bits per heavy atom. The number of anilines is 2. The molecule has 0 radical (unpaired) electrons. The zero-order valence-corrected chi connectivity index (χ0v) is 17.5. The fraction of sp³-hybridized carbons (Fsp3) is 0.115. The molecule has 1 unspecified atom stereocenters. The molecule has 6 nitrogen and oxygen atoms in total. The van der Waals surface area contributed by atoms with E-state index < -0.39 is 12.0 Å². The fourth-order valence-electron chi connectivity index (χ4n) is 3.38. The quantitative estimate of drug-likeness (QED) is 0.356. The second-order valence-corrected chi connectivity index (χ2v) is 7.43. The van der Waals surface area contributed by atoms with Gasteiger partial charge in [0.1, 0.15) is 18.2 Å². The molecule has 4 rings (SSSR count). The van der Waals surface area contributed by atoms with E-state index in [0.717, 1.165) is 29.1 Å². The molecule has 3 aromatic carbocycles. The van der Waals surface area contributed by atoms with Crippen molar-refractivity contribution in [1.29, 1.82) is 0 Å². The van der Waals surface area contributed by atoms with Gasteiger partial charge in [-0.2, -0.15) is 0 Å². The van der Waals surface area contributed by atoms with Crippen LogP contribution in [0.2, 0.25) is 0 Å². The first-order valence-corrected chi connectivity index (χ1v) is 10.4. The van der Waals surface area contributed by atoms with Gasteiger partial charge >= 0.3 is 5.97 Å². The molecule has 4 aromatic rings. The van der Waals surface area contributed by atoms with E-state index in [1.165, 1.54) is 11.9 Å². The van der Waals surface area contributed by atoms with E-state index in [1.807, 2.05) is 72.8 Å². The van der Waals surface area contributed by atoms with E-state index in [4.69, 9.17) is 0 Å². The molecule has 1 aromatic heterocycles. The number of nitrogens with one attached hydrogen (secondary N) is 2. The van der Waals surface area contributed by atoms with Crippen molar-refractivity contribution in [2.24, 2.45) is 0 Å². The summed E-state index contributed by atoms with van der Waals surface area (Å²) in [5.41, 5.74) is 4.82. The van der Waals surface area contributed by atoms with E-state index in [2.05, 4.69) is 32.7 Å². The average molecular weight is 425 g/mol. The van der Waals surface area contributed by atoms with Gasteiger partial charge in [-0.15, -0.1) is 0 Å². The number of aromatic nitrogens is 2. The zero-order chi connectivity index (χ0) is 22.2. The van der Waals surface area contributed by atoms with E-state index >= 15 is 0 Å². The summed E-state index contributed by atoms with van der Waals surface area (Å²) in [4.78, 5) is 20.3. The van der Waals surface area contributed by atoms with Gasteiger partial charge in [0.25, 0.3) is 0 Å². The minimum absolute atomic E-state index is 0.358. The Morgan fingerprint density at radius 3 is 2.16 bits per heavy atom. The van der Waals surface area contributed by atoms with Gasteiger partial charge < -0.3 is 15.7 Å². The van der Waals surface area contributed by atoms with Gasteiger partial charge in [0.15, 0.2) is 0 Å². The molecule has 32 heavy (non-hydrogen) atoms. The van der Waals surface area contributed by atoms with Crippen LogP contribution in [0.4, 0.5) is 11.5 Å². The molecule has 3 N–H and O–H groups in total. The second kappa shape index (κ2) is 10.2. The van der Waals surface area contributed by atoms with E-state index in [0.29, 0.717) is 12.2 Å². The number of hydrogen-bond acceptors (Lipinski definition) is 5. The van der Waals surface area contributed by atoms with Gasteiger partial charge in [0, 0.05) is 30.3 Å².